The lowest BCUT2D eigenvalue weighted by atomic mass is 10.2. The molecule has 0 amide bonds. The number of carbonyl (C=O) groups is 1. The Hall–Kier alpha value is -2.17. The van der Waals surface area contributed by atoms with Crippen molar-refractivity contribution in [2.75, 3.05) is 0 Å². The molecule has 0 bridgehead atoms. The molecule has 2 aromatic rings. The molecule has 0 aromatic carbocycles. The highest BCUT2D eigenvalue weighted by molar-refractivity contribution is 5.84. The molecule has 2 heterocycles. The molecule has 1 atom stereocenters. The molecule has 0 aliphatic rings. The Morgan fingerprint density at radius 1 is 1.44 bits per heavy atom. The zero-order valence-corrected chi connectivity index (χ0v) is 8.74. The van der Waals surface area contributed by atoms with E-state index in [1.54, 1.807) is 10.8 Å². The third-order valence-electron chi connectivity index (χ3n) is 2.38. The molecule has 2 rings (SSSR count). The van der Waals surface area contributed by atoms with Gasteiger partial charge in [-0.1, -0.05) is 6.07 Å². The maximum Gasteiger partial charge on any atom is 0.356 e. The Bertz CT molecular complexity index is 493. The fourth-order valence-corrected chi connectivity index (χ4v) is 1.43. The second-order valence-electron chi connectivity index (χ2n) is 3.44. The van der Waals surface area contributed by atoms with Gasteiger partial charge in [0.05, 0.1) is 18.1 Å². The Labute approximate surface area is 92.4 Å². The number of aromatic carboxylic acids is 1. The molecule has 0 saturated heterocycles. The van der Waals surface area contributed by atoms with E-state index in [0.29, 0.717) is 0 Å². The van der Waals surface area contributed by atoms with Gasteiger partial charge in [0.15, 0.2) is 5.69 Å². The average Bonchev–Trinajstić information content (AvgIpc) is 2.78. The summed E-state index contributed by atoms with van der Waals surface area (Å²) in [6.45, 7) is 1.94. The van der Waals surface area contributed by atoms with Gasteiger partial charge in [0.2, 0.25) is 0 Å². The van der Waals surface area contributed by atoms with Gasteiger partial charge in [-0.25, -0.2) is 9.78 Å². The number of rotatable bonds is 3. The van der Waals surface area contributed by atoms with Crippen LogP contribution in [-0.2, 0) is 0 Å². The van der Waals surface area contributed by atoms with Crippen molar-refractivity contribution in [2.24, 2.45) is 0 Å². The molecule has 1 N–H and O–H groups in total. The molecule has 5 nitrogen and oxygen atoms in total. The van der Waals surface area contributed by atoms with Crippen LogP contribution in [-0.4, -0.2) is 25.6 Å². The van der Waals surface area contributed by atoms with E-state index in [1.807, 2.05) is 25.1 Å². The number of carboxylic acid groups (broad SMARTS) is 1. The molecule has 0 radical (unpaired) electrons. The van der Waals surface area contributed by atoms with Crippen LogP contribution in [0.5, 0.6) is 0 Å². The molecule has 2 aromatic heterocycles. The van der Waals surface area contributed by atoms with Crippen molar-refractivity contribution < 1.29 is 9.90 Å². The van der Waals surface area contributed by atoms with Crippen LogP contribution >= 0.6 is 0 Å². The van der Waals surface area contributed by atoms with Crippen LogP contribution in [0.1, 0.15) is 29.1 Å². The number of nitrogens with zero attached hydrogens (tertiary/aromatic N) is 3. The molecule has 0 aliphatic heterocycles. The lowest BCUT2D eigenvalue weighted by Gasteiger charge is -2.11. The van der Waals surface area contributed by atoms with Crippen molar-refractivity contribution in [2.45, 2.75) is 13.0 Å². The number of carboxylic acids is 1. The highest BCUT2D eigenvalue weighted by atomic mass is 16.4. The summed E-state index contributed by atoms with van der Waals surface area (Å²) >= 11 is 0. The Balaban J connectivity index is 2.27. The van der Waals surface area contributed by atoms with Gasteiger partial charge in [-0.05, 0) is 19.1 Å². The van der Waals surface area contributed by atoms with Crippen LogP contribution in [0, 0.1) is 0 Å². The SMILES string of the molecule is C[C@@H](c1ccccn1)n1cnc(C(=O)O)c1. The molecular weight excluding hydrogens is 206 g/mol. The van der Waals surface area contributed by atoms with E-state index in [9.17, 15) is 4.79 Å². The second-order valence-corrected chi connectivity index (χ2v) is 3.44. The summed E-state index contributed by atoms with van der Waals surface area (Å²) in [4.78, 5) is 18.7. The van der Waals surface area contributed by atoms with Crippen LogP contribution in [0.25, 0.3) is 0 Å². The van der Waals surface area contributed by atoms with Crippen molar-refractivity contribution >= 4 is 5.97 Å². The van der Waals surface area contributed by atoms with Crippen LogP contribution < -0.4 is 0 Å². The number of imidazole rings is 1. The van der Waals surface area contributed by atoms with E-state index < -0.39 is 5.97 Å². The predicted molar refractivity (Wildman–Crippen MR) is 57.2 cm³/mol. The maximum absolute atomic E-state index is 10.7. The van der Waals surface area contributed by atoms with Crippen LogP contribution in [0.15, 0.2) is 36.9 Å². The van der Waals surface area contributed by atoms with Crippen molar-refractivity contribution in [3.63, 3.8) is 0 Å². The largest absolute Gasteiger partial charge is 0.476 e. The van der Waals surface area contributed by atoms with E-state index in [1.165, 1.54) is 12.5 Å². The molecule has 0 saturated carbocycles. The van der Waals surface area contributed by atoms with E-state index in [4.69, 9.17) is 5.11 Å². The Morgan fingerprint density at radius 2 is 2.25 bits per heavy atom. The summed E-state index contributed by atoms with van der Waals surface area (Å²) in [5.74, 6) is -1.02. The van der Waals surface area contributed by atoms with E-state index >= 15 is 0 Å². The average molecular weight is 217 g/mol. The van der Waals surface area contributed by atoms with Crippen molar-refractivity contribution in [1.29, 1.82) is 0 Å². The monoisotopic (exact) mass is 217 g/mol. The summed E-state index contributed by atoms with van der Waals surface area (Å²) in [7, 11) is 0. The van der Waals surface area contributed by atoms with Gasteiger partial charge < -0.3 is 9.67 Å². The normalized spacial score (nSPS) is 12.3. The third-order valence-corrected chi connectivity index (χ3v) is 2.38. The van der Waals surface area contributed by atoms with Gasteiger partial charge in [0.1, 0.15) is 0 Å². The zero-order valence-electron chi connectivity index (χ0n) is 8.74. The van der Waals surface area contributed by atoms with Crippen LogP contribution in [0.4, 0.5) is 0 Å². The fraction of sp³-hybridized carbons (Fsp3) is 0.182. The highest BCUT2D eigenvalue weighted by Gasteiger charge is 2.12. The van der Waals surface area contributed by atoms with Gasteiger partial charge in [-0.2, -0.15) is 0 Å². The summed E-state index contributed by atoms with van der Waals surface area (Å²) in [5, 5.41) is 8.76. The van der Waals surface area contributed by atoms with Crippen molar-refractivity contribution in [1.82, 2.24) is 14.5 Å². The second kappa shape index (κ2) is 4.14. The first-order valence-electron chi connectivity index (χ1n) is 4.86. The molecule has 5 heteroatoms. The topological polar surface area (TPSA) is 68.0 Å². The Morgan fingerprint density at radius 3 is 2.81 bits per heavy atom. The molecule has 0 unspecified atom stereocenters. The van der Waals surface area contributed by atoms with Crippen LogP contribution in [0.2, 0.25) is 0 Å². The molecule has 0 fully saturated rings. The van der Waals surface area contributed by atoms with E-state index in [0.717, 1.165) is 5.69 Å². The zero-order chi connectivity index (χ0) is 11.5. The van der Waals surface area contributed by atoms with E-state index in [-0.39, 0.29) is 11.7 Å². The fourth-order valence-electron chi connectivity index (χ4n) is 1.43. The summed E-state index contributed by atoms with van der Waals surface area (Å²) in [5.41, 5.74) is 0.916. The standard InChI is InChI=1S/C11H11N3O2/c1-8(9-4-2-3-5-12-9)14-6-10(11(15)16)13-7-14/h2-8H,1H3,(H,15,16)/t8-/m0/s1. The predicted octanol–water partition coefficient (Wildman–Crippen LogP) is 1.59. The molecule has 82 valence electrons. The van der Waals surface area contributed by atoms with Gasteiger partial charge >= 0.3 is 5.97 Å². The first-order chi connectivity index (χ1) is 7.68. The molecule has 0 aliphatic carbocycles. The first kappa shape index (κ1) is 10.4. The minimum atomic E-state index is -1.02. The number of hydrogen-bond donors (Lipinski definition) is 1. The van der Waals surface area contributed by atoms with Gasteiger partial charge in [0.25, 0.3) is 0 Å². The third kappa shape index (κ3) is 1.93. The minimum Gasteiger partial charge on any atom is -0.476 e. The molecular formula is C11H11N3O2. The smallest absolute Gasteiger partial charge is 0.356 e. The van der Waals surface area contributed by atoms with Crippen molar-refractivity contribution in [3.8, 4) is 0 Å². The van der Waals surface area contributed by atoms with Crippen molar-refractivity contribution in [3.05, 3.63) is 48.3 Å². The van der Waals surface area contributed by atoms with E-state index in [2.05, 4.69) is 9.97 Å². The lowest BCUT2D eigenvalue weighted by molar-refractivity contribution is 0.0691. The minimum absolute atomic E-state index is 0.0261. The number of hydrogen-bond acceptors (Lipinski definition) is 3. The molecule has 0 spiro atoms. The number of aromatic nitrogens is 3. The van der Waals surface area contributed by atoms with Gasteiger partial charge in [0, 0.05) is 12.4 Å². The summed E-state index contributed by atoms with van der Waals surface area (Å²) < 4.78 is 1.73. The van der Waals surface area contributed by atoms with Crippen LogP contribution in [0.3, 0.4) is 0 Å². The van der Waals surface area contributed by atoms with Gasteiger partial charge in [-0.15, -0.1) is 0 Å². The highest BCUT2D eigenvalue weighted by Crippen LogP contribution is 2.15. The Kier molecular flexibility index (Phi) is 2.68. The lowest BCUT2D eigenvalue weighted by Crippen LogP contribution is -2.06. The first-order valence-corrected chi connectivity index (χ1v) is 4.86. The quantitative estimate of drug-likeness (QED) is 0.847. The van der Waals surface area contributed by atoms with Gasteiger partial charge in [-0.3, -0.25) is 4.98 Å². The number of pyridine rings is 1. The summed E-state index contributed by atoms with van der Waals surface area (Å²) in [6.07, 6.45) is 4.71. The maximum atomic E-state index is 10.7. The molecule has 16 heavy (non-hydrogen) atoms. The summed E-state index contributed by atoms with van der Waals surface area (Å²) in [6, 6.07) is 5.60.